The number of halogens is 6. The summed E-state index contributed by atoms with van der Waals surface area (Å²) >= 11 is 6.15. The molecule has 2 heterocycles. The fourth-order valence-corrected chi connectivity index (χ4v) is 5.21. The maximum atomic E-state index is 13.9. The standard InChI is InChI=1S/C26H28ClF5N4O3/c27-21-12-17(6-7-20(21)23(37)33-13-22(28)29)34-18-14-36(15-18)19-8-10-35(11-9-19)24(38)25(39,26(30,31)32)16-4-2-1-3-5-16/h1-7,12,18-19,22,34,39H,8-11,13-15H2,(H,33,37). The van der Waals surface area contributed by atoms with E-state index in [4.69, 9.17) is 11.6 Å². The number of amides is 2. The molecule has 2 aromatic carbocycles. The lowest BCUT2D eigenvalue weighted by atomic mass is 9.89. The van der Waals surface area contributed by atoms with Crippen LogP contribution in [0.15, 0.2) is 48.5 Å². The average Bonchev–Trinajstić information content (AvgIpc) is 2.88. The summed E-state index contributed by atoms with van der Waals surface area (Å²) in [6.07, 6.45) is -6.90. The molecule has 1 atom stereocenters. The number of benzene rings is 2. The second-order valence-corrected chi connectivity index (χ2v) is 10.1. The zero-order valence-electron chi connectivity index (χ0n) is 20.7. The molecule has 2 amide bonds. The first-order valence-corrected chi connectivity index (χ1v) is 12.8. The Morgan fingerprint density at radius 3 is 2.26 bits per heavy atom. The molecule has 13 heteroatoms. The Balaban J connectivity index is 1.28. The van der Waals surface area contributed by atoms with Gasteiger partial charge in [-0.3, -0.25) is 14.5 Å². The molecular formula is C26H28ClF5N4O3. The molecule has 7 nitrogen and oxygen atoms in total. The molecule has 0 aromatic heterocycles. The molecule has 0 spiro atoms. The van der Waals surface area contributed by atoms with Gasteiger partial charge in [-0.1, -0.05) is 41.9 Å². The van der Waals surface area contributed by atoms with E-state index in [-0.39, 0.29) is 35.8 Å². The Kier molecular flexibility index (Phi) is 8.67. The number of carbonyl (C=O) groups excluding carboxylic acids is 2. The quantitative estimate of drug-likeness (QED) is 0.417. The molecule has 39 heavy (non-hydrogen) atoms. The van der Waals surface area contributed by atoms with Gasteiger partial charge in [0.1, 0.15) is 0 Å². The van der Waals surface area contributed by atoms with Crippen LogP contribution in [0, 0.1) is 0 Å². The van der Waals surface area contributed by atoms with Crippen LogP contribution >= 0.6 is 11.6 Å². The predicted molar refractivity (Wildman–Crippen MR) is 135 cm³/mol. The Morgan fingerprint density at radius 2 is 1.69 bits per heavy atom. The summed E-state index contributed by atoms with van der Waals surface area (Å²) in [6.45, 7) is 0.727. The number of alkyl halides is 5. The molecule has 2 aliphatic rings. The number of nitrogens with one attached hydrogen (secondary N) is 2. The van der Waals surface area contributed by atoms with E-state index >= 15 is 0 Å². The summed E-state index contributed by atoms with van der Waals surface area (Å²) in [7, 11) is 0. The zero-order chi connectivity index (χ0) is 28.4. The van der Waals surface area contributed by atoms with Crippen molar-refractivity contribution in [3.05, 3.63) is 64.7 Å². The van der Waals surface area contributed by atoms with Crippen molar-refractivity contribution in [2.75, 3.05) is 38.0 Å². The normalized spacial score (nSPS) is 18.9. The van der Waals surface area contributed by atoms with Crippen LogP contribution in [0.3, 0.4) is 0 Å². The molecule has 2 saturated heterocycles. The number of hydrogen-bond donors (Lipinski definition) is 3. The van der Waals surface area contributed by atoms with Crippen LogP contribution in [-0.2, 0) is 10.4 Å². The van der Waals surface area contributed by atoms with E-state index in [0.29, 0.717) is 31.6 Å². The first-order valence-electron chi connectivity index (χ1n) is 12.4. The second-order valence-electron chi connectivity index (χ2n) is 9.69. The van der Waals surface area contributed by atoms with E-state index in [2.05, 4.69) is 15.5 Å². The molecule has 2 aliphatic heterocycles. The third-order valence-electron chi connectivity index (χ3n) is 7.09. The maximum Gasteiger partial charge on any atom is 0.430 e. The second kappa shape index (κ2) is 11.6. The van der Waals surface area contributed by atoms with Crippen LogP contribution in [0.5, 0.6) is 0 Å². The van der Waals surface area contributed by atoms with Crippen LogP contribution in [0.2, 0.25) is 5.02 Å². The highest BCUT2D eigenvalue weighted by Gasteiger charge is 2.62. The van der Waals surface area contributed by atoms with Gasteiger partial charge in [-0.2, -0.15) is 13.2 Å². The van der Waals surface area contributed by atoms with Gasteiger partial charge in [0.25, 0.3) is 23.8 Å². The molecular weight excluding hydrogens is 547 g/mol. The molecule has 2 fully saturated rings. The van der Waals surface area contributed by atoms with Crippen molar-refractivity contribution in [2.24, 2.45) is 0 Å². The number of nitrogens with zero attached hydrogens (tertiary/aromatic N) is 2. The molecule has 212 valence electrons. The van der Waals surface area contributed by atoms with E-state index in [1.807, 2.05) is 0 Å². The SMILES string of the molecule is O=C(NCC(F)F)c1ccc(NC2CN(C3CCN(C(=O)C(O)(c4ccccc4)C(F)(F)F)CC3)C2)cc1Cl. The Morgan fingerprint density at radius 1 is 1.05 bits per heavy atom. The number of hydrogen-bond acceptors (Lipinski definition) is 5. The lowest BCUT2D eigenvalue weighted by molar-refractivity contribution is -0.262. The van der Waals surface area contributed by atoms with Gasteiger partial charge in [0.2, 0.25) is 0 Å². The fourth-order valence-electron chi connectivity index (χ4n) is 4.94. The Hall–Kier alpha value is -2.96. The minimum Gasteiger partial charge on any atom is -0.380 e. The highest BCUT2D eigenvalue weighted by atomic mass is 35.5. The molecule has 0 radical (unpaired) electrons. The minimum absolute atomic E-state index is 0.0626. The largest absolute Gasteiger partial charge is 0.430 e. The third kappa shape index (κ3) is 6.28. The zero-order valence-corrected chi connectivity index (χ0v) is 21.5. The van der Waals surface area contributed by atoms with Crippen molar-refractivity contribution in [1.82, 2.24) is 15.1 Å². The first kappa shape index (κ1) is 29.0. The maximum absolute atomic E-state index is 13.9. The van der Waals surface area contributed by atoms with Crippen molar-refractivity contribution in [3.8, 4) is 0 Å². The van der Waals surface area contributed by atoms with E-state index in [9.17, 15) is 36.6 Å². The highest BCUT2D eigenvalue weighted by Crippen LogP contribution is 2.41. The molecule has 0 aliphatic carbocycles. The lowest BCUT2D eigenvalue weighted by Gasteiger charge is -2.48. The Bertz CT molecular complexity index is 1170. The number of aliphatic hydroxyl groups is 1. The fraction of sp³-hybridized carbons (Fsp3) is 0.462. The van der Waals surface area contributed by atoms with Crippen LogP contribution in [-0.4, -0.2) is 84.1 Å². The summed E-state index contributed by atoms with van der Waals surface area (Å²) in [5.41, 5.74) is -3.37. The van der Waals surface area contributed by atoms with Gasteiger partial charge >= 0.3 is 6.18 Å². The number of likely N-dealkylation sites (tertiary alicyclic amines) is 2. The van der Waals surface area contributed by atoms with Gasteiger partial charge in [0.05, 0.1) is 23.2 Å². The van der Waals surface area contributed by atoms with Gasteiger partial charge < -0.3 is 20.6 Å². The smallest absolute Gasteiger partial charge is 0.380 e. The van der Waals surface area contributed by atoms with E-state index in [1.54, 1.807) is 12.1 Å². The van der Waals surface area contributed by atoms with Gasteiger partial charge in [0.15, 0.2) is 0 Å². The van der Waals surface area contributed by atoms with Crippen LogP contribution in [0.4, 0.5) is 27.6 Å². The highest BCUT2D eigenvalue weighted by molar-refractivity contribution is 6.34. The molecule has 3 N–H and O–H groups in total. The molecule has 0 bridgehead atoms. The van der Waals surface area contributed by atoms with Gasteiger partial charge in [-0.15, -0.1) is 0 Å². The van der Waals surface area contributed by atoms with Crippen molar-refractivity contribution < 1.29 is 36.6 Å². The Labute approximate surface area is 226 Å². The average molecular weight is 575 g/mol. The minimum atomic E-state index is -5.17. The summed E-state index contributed by atoms with van der Waals surface area (Å²) in [5, 5.41) is 16.1. The molecule has 4 rings (SSSR count). The number of piperidine rings is 1. The van der Waals surface area contributed by atoms with Crippen LogP contribution in [0.1, 0.15) is 28.8 Å². The summed E-state index contributed by atoms with van der Waals surface area (Å²) in [5.74, 6) is -2.06. The van der Waals surface area contributed by atoms with Crippen LogP contribution in [0.25, 0.3) is 0 Å². The molecule has 0 saturated carbocycles. The van der Waals surface area contributed by atoms with Crippen molar-refractivity contribution in [2.45, 2.75) is 43.1 Å². The molecule has 2 aromatic rings. The van der Waals surface area contributed by atoms with Crippen molar-refractivity contribution in [1.29, 1.82) is 0 Å². The van der Waals surface area contributed by atoms with Crippen molar-refractivity contribution in [3.63, 3.8) is 0 Å². The first-order chi connectivity index (χ1) is 18.4. The van der Waals surface area contributed by atoms with Gasteiger partial charge in [0, 0.05) is 43.5 Å². The van der Waals surface area contributed by atoms with Gasteiger partial charge in [-0.05, 0) is 31.0 Å². The summed E-state index contributed by atoms with van der Waals surface area (Å²) in [4.78, 5) is 28.1. The monoisotopic (exact) mass is 574 g/mol. The van der Waals surface area contributed by atoms with Crippen molar-refractivity contribution >= 4 is 29.1 Å². The van der Waals surface area contributed by atoms with E-state index < -0.39 is 42.1 Å². The number of anilines is 1. The summed E-state index contributed by atoms with van der Waals surface area (Å²) < 4.78 is 66.2. The van der Waals surface area contributed by atoms with Crippen LogP contribution < -0.4 is 10.6 Å². The third-order valence-corrected chi connectivity index (χ3v) is 7.40. The lowest BCUT2D eigenvalue weighted by Crippen LogP contribution is -2.62. The predicted octanol–water partition coefficient (Wildman–Crippen LogP) is 3.87. The summed E-state index contributed by atoms with van der Waals surface area (Å²) in [6, 6.07) is 11.1. The van der Waals surface area contributed by atoms with Gasteiger partial charge in [-0.25, -0.2) is 8.78 Å². The number of carbonyl (C=O) groups is 2. The van der Waals surface area contributed by atoms with E-state index in [1.165, 1.54) is 24.3 Å². The van der Waals surface area contributed by atoms with E-state index in [0.717, 1.165) is 17.0 Å². The topological polar surface area (TPSA) is 84.9 Å². The number of rotatable bonds is 8. The molecule has 1 unspecified atom stereocenters.